The highest BCUT2D eigenvalue weighted by Gasteiger charge is 2.16. The van der Waals surface area contributed by atoms with Gasteiger partial charge in [-0.1, -0.05) is 29.3 Å². The molecular formula is C15H24N2O. The Bertz CT molecular complexity index is 372. The maximum atomic E-state index is 5.73. The minimum Gasteiger partial charge on any atom is -0.374 e. The quantitative estimate of drug-likeness (QED) is 0.878. The normalized spacial score (nSPS) is 21.2. The van der Waals surface area contributed by atoms with E-state index in [1.807, 2.05) is 0 Å². The van der Waals surface area contributed by atoms with Crippen LogP contribution in [0.3, 0.4) is 0 Å². The van der Waals surface area contributed by atoms with Crippen LogP contribution in [-0.2, 0) is 11.3 Å². The van der Waals surface area contributed by atoms with Crippen molar-refractivity contribution in [3.63, 3.8) is 0 Å². The average Bonchev–Trinajstić information content (AvgIpc) is 2.27. The first kappa shape index (κ1) is 13.5. The van der Waals surface area contributed by atoms with Crippen LogP contribution in [0.5, 0.6) is 0 Å². The van der Waals surface area contributed by atoms with Crippen molar-refractivity contribution in [2.45, 2.75) is 26.5 Å². The Morgan fingerprint density at radius 2 is 2.00 bits per heavy atom. The highest BCUT2D eigenvalue weighted by Crippen LogP contribution is 2.09. The smallest absolute Gasteiger partial charge is 0.0826 e. The van der Waals surface area contributed by atoms with E-state index in [1.165, 1.54) is 16.7 Å². The summed E-state index contributed by atoms with van der Waals surface area (Å²) >= 11 is 0. The number of nitrogens with one attached hydrogen (secondary N) is 1. The van der Waals surface area contributed by atoms with E-state index in [0.29, 0.717) is 6.10 Å². The monoisotopic (exact) mass is 248 g/mol. The molecule has 0 aromatic heterocycles. The molecule has 3 heteroatoms. The van der Waals surface area contributed by atoms with Crippen molar-refractivity contribution >= 4 is 0 Å². The molecule has 0 saturated carbocycles. The highest BCUT2D eigenvalue weighted by molar-refractivity contribution is 5.28. The predicted molar refractivity (Wildman–Crippen MR) is 74.9 cm³/mol. The van der Waals surface area contributed by atoms with Crippen molar-refractivity contribution in [1.82, 2.24) is 10.2 Å². The molecule has 0 unspecified atom stereocenters. The lowest BCUT2D eigenvalue weighted by atomic mass is 10.1. The fourth-order valence-electron chi connectivity index (χ4n) is 2.54. The Labute approximate surface area is 110 Å². The van der Waals surface area contributed by atoms with Gasteiger partial charge in [0.25, 0.3) is 0 Å². The standard InChI is InChI=1S/C15H24N2O/c1-12-6-13(2)8-14(7-12)9-16-10-15-11-17(3)4-5-18-15/h6-8,15-16H,4-5,9-11H2,1-3H3/t15-/m0/s1. The first-order chi connectivity index (χ1) is 8.63. The number of rotatable bonds is 4. The molecule has 1 heterocycles. The number of hydrogen-bond donors (Lipinski definition) is 1. The summed E-state index contributed by atoms with van der Waals surface area (Å²) in [6, 6.07) is 6.70. The first-order valence-electron chi connectivity index (χ1n) is 6.71. The van der Waals surface area contributed by atoms with Gasteiger partial charge in [-0.2, -0.15) is 0 Å². The van der Waals surface area contributed by atoms with E-state index in [1.54, 1.807) is 0 Å². The maximum Gasteiger partial charge on any atom is 0.0826 e. The van der Waals surface area contributed by atoms with Gasteiger partial charge in [-0.05, 0) is 26.5 Å². The van der Waals surface area contributed by atoms with E-state index in [0.717, 1.165) is 32.8 Å². The van der Waals surface area contributed by atoms with Crippen LogP contribution in [0.25, 0.3) is 0 Å². The molecule has 1 aliphatic rings. The SMILES string of the molecule is Cc1cc(C)cc(CNC[C@H]2CN(C)CCO2)c1. The number of benzene rings is 1. The van der Waals surface area contributed by atoms with Gasteiger partial charge >= 0.3 is 0 Å². The molecule has 0 radical (unpaired) electrons. The van der Waals surface area contributed by atoms with Crippen molar-refractivity contribution in [1.29, 1.82) is 0 Å². The van der Waals surface area contributed by atoms with E-state index < -0.39 is 0 Å². The van der Waals surface area contributed by atoms with Gasteiger partial charge in [-0.15, -0.1) is 0 Å². The minimum absolute atomic E-state index is 0.328. The van der Waals surface area contributed by atoms with E-state index in [2.05, 4.69) is 49.3 Å². The van der Waals surface area contributed by atoms with Gasteiger partial charge < -0.3 is 15.0 Å². The average molecular weight is 248 g/mol. The van der Waals surface area contributed by atoms with E-state index in [9.17, 15) is 0 Å². The number of aryl methyl sites for hydroxylation is 2. The summed E-state index contributed by atoms with van der Waals surface area (Å²) in [4.78, 5) is 2.33. The maximum absolute atomic E-state index is 5.73. The molecule has 0 aliphatic carbocycles. The van der Waals surface area contributed by atoms with Crippen LogP contribution in [0.2, 0.25) is 0 Å². The molecule has 0 spiro atoms. The molecule has 0 amide bonds. The fourth-order valence-corrected chi connectivity index (χ4v) is 2.54. The van der Waals surface area contributed by atoms with Gasteiger partial charge in [0.1, 0.15) is 0 Å². The van der Waals surface area contributed by atoms with Crippen LogP contribution in [0.4, 0.5) is 0 Å². The van der Waals surface area contributed by atoms with Crippen LogP contribution in [0, 0.1) is 13.8 Å². The van der Waals surface area contributed by atoms with Crippen molar-refractivity contribution in [3.05, 3.63) is 34.9 Å². The van der Waals surface area contributed by atoms with Crippen molar-refractivity contribution in [3.8, 4) is 0 Å². The topological polar surface area (TPSA) is 24.5 Å². The molecule has 2 rings (SSSR count). The van der Waals surface area contributed by atoms with Crippen molar-refractivity contribution < 1.29 is 4.74 Å². The molecule has 1 atom stereocenters. The summed E-state index contributed by atoms with van der Waals surface area (Å²) in [7, 11) is 2.15. The summed E-state index contributed by atoms with van der Waals surface area (Å²) in [6.07, 6.45) is 0.328. The van der Waals surface area contributed by atoms with Gasteiger partial charge in [0.15, 0.2) is 0 Å². The summed E-state index contributed by atoms with van der Waals surface area (Å²) in [6.45, 7) is 9.08. The first-order valence-corrected chi connectivity index (χ1v) is 6.71. The summed E-state index contributed by atoms with van der Waals surface area (Å²) in [5.41, 5.74) is 4.03. The number of hydrogen-bond acceptors (Lipinski definition) is 3. The van der Waals surface area contributed by atoms with E-state index >= 15 is 0 Å². The van der Waals surface area contributed by atoms with E-state index in [4.69, 9.17) is 4.74 Å². The van der Waals surface area contributed by atoms with Gasteiger partial charge in [-0.3, -0.25) is 0 Å². The van der Waals surface area contributed by atoms with Crippen molar-refractivity contribution in [2.24, 2.45) is 0 Å². The molecule has 1 saturated heterocycles. The molecule has 0 bridgehead atoms. The predicted octanol–water partition coefficient (Wildman–Crippen LogP) is 1.72. The number of ether oxygens (including phenoxy) is 1. The van der Waals surface area contributed by atoms with Crippen molar-refractivity contribution in [2.75, 3.05) is 33.3 Å². The van der Waals surface area contributed by atoms with Crippen LogP contribution in [0.1, 0.15) is 16.7 Å². The van der Waals surface area contributed by atoms with Gasteiger partial charge in [0, 0.05) is 26.2 Å². The molecule has 1 fully saturated rings. The Balaban J connectivity index is 1.77. The van der Waals surface area contributed by atoms with Gasteiger partial charge in [-0.25, -0.2) is 0 Å². The molecule has 1 aromatic rings. The van der Waals surface area contributed by atoms with Gasteiger partial charge in [0.05, 0.1) is 12.7 Å². The Morgan fingerprint density at radius 3 is 2.67 bits per heavy atom. The largest absolute Gasteiger partial charge is 0.374 e. The molecule has 1 aliphatic heterocycles. The summed E-state index contributed by atoms with van der Waals surface area (Å²) in [5, 5.41) is 3.49. The minimum atomic E-state index is 0.328. The Morgan fingerprint density at radius 1 is 1.28 bits per heavy atom. The zero-order valence-corrected chi connectivity index (χ0v) is 11.7. The third-order valence-electron chi connectivity index (χ3n) is 3.32. The second-order valence-corrected chi connectivity index (χ2v) is 5.38. The van der Waals surface area contributed by atoms with Crippen LogP contribution < -0.4 is 5.32 Å². The van der Waals surface area contributed by atoms with Gasteiger partial charge in [0.2, 0.25) is 0 Å². The zero-order valence-electron chi connectivity index (χ0n) is 11.7. The molecule has 18 heavy (non-hydrogen) atoms. The number of nitrogens with zero attached hydrogens (tertiary/aromatic N) is 1. The highest BCUT2D eigenvalue weighted by atomic mass is 16.5. The number of morpholine rings is 1. The van der Waals surface area contributed by atoms with E-state index in [-0.39, 0.29) is 0 Å². The van der Waals surface area contributed by atoms with Crippen LogP contribution in [0.15, 0.2) is 18.2 Å². The zero-order chi connectivity index (χ0) is 13.0. The van der Waals surface area contributed by atoms with Crippen LogP contribution in [-0.4, -0.2) is 44.3 Å². The molecule has 100 valence electrons. The third-order valence-corrected chi connectivity index (χ3v) is 3.32. The van der Waals surface area contributed by atoms with Crippen LogP contribution >= 0.6 is 0 Å². The third kappa shape index (κ3) is 4.09. The second-order valence-electron chi connectivity index (χ2n) is 5.38. The lowest BCUT2D eigenvalue weighted by molar-refractivity contribution is -0.0182. The lowest BCUT2D eigenvalue weighted by Crippen LogP contribution is -2.44. The summed E-state index contributed by atoms with van der Waals surface area (Å²) in [5.74, 6) is 0. The summed E-state index contributed by atoms with van der Waals surface area (Å²) < 4.78 is 5.73. The molecule has 3 nitrogen and oxygen atoms in total. The Kier molecular flexibility index (Phi) is 4.75. The fraction of sp³-hybridized carbons (Fsp3) is 0.600. The lowest BCUT2D eigenvalue weighted by Gasteiger charge is -2.30. The number of likely N-dealkylation sites (N-methyl/N-ethyl adjacent to an activating group) is 1. The molecular weight excluding hydrogens is 224 g/mol. The second kappa shape index (κ2) is 6.32. The molecule has 1 aromatic carbocycles. The Hall–Kier alpha value is -0.900. The molecule has 1 N–H and O–H groups in total.